The number of fused-ring (bicyclic) bond motifs is 2. The molecule has 1 amide bonds. The van der Waals surface area contributed by atoms with Gasteiger partial charge in [-0.05, 0) is 42.0 Å². The zero-order valence-corrected chi connectivity index (χ0v) is 15.8. The normalized spacial score (nSPS) is 13.7. The third-order valence-corrected chi connectivity index (χ3v) is 4.86. The summed E-state index contributed by atoms with van der Waals surface area (Å²) in [6, 6.07) is 13.5. The van der Waals surface area contributed by atoms with Crippen LogP contribution in [0.2, 0.25) is 0 Å². The van der Waals surface area contributed by atoms with Gasteiger partial charge in [0.15, 0.2) is 11.5 Å². The van der Waals surface area contributed by atoms with Crippen molar-refractivity contribution >= 4 is 11.6 Å². The molecule has 0 radical (unpaired) electrons. The molecule has 0 saturated heterocycles. The van der Waals surface area contributed by atoms with Crippen molar-refractivity contribution in [2.75, 3.05) is 13.2 Å². The van der Waals surface area contributed by atoms with Crippen molar-refractivity contribution in [3.05, 3.63) is 94.4 Å². The topological polar surface area (TPSA) is 95.1 Å². The summed E-state index contributed by atoms with van der Waals surface area (Å²) >= 11 is 0. The molecule has 5 rings (SSSR count). The second-order valence-electron chi connectivity index (χ2n) is 6.73. The van der Waals surface area contributed by atoms with Crippen molar-refractivity contribution < 1.29 is 18.7 Å². The summed E-state index contributed by atoms with van der Waals surface area (Å²) in [5.41, 5.74) is 0.691. The molecular formula is C22H17N3O5. The Morgan fingerprint density at radius 1 is 1.07 bits per heavy atom. The third-order valence-electron chi connectivity index (χ3n) is 4.86. The number of aromatic nitrogens is 2. The minimum absolute atomic E-state index is 0.0622. The SMILES string of the molecule is O=C(NC(c1ccc2c(c1)OCCO2)c1ccco1)c1cnc2ccccn2c1=O. The van der Waals surface area contributed by atoms with Crippen molar-refractivity contribution in [1.82, 2.24) is 14.7 Å². The standard InChI is InChI=1S/C22H17N3O5/c26-21(15-13-23-19-5-1-2-8-25(19)22(15)27)24-20(17-4-3-9-28-17)14-6-7-16-18(12-14)30-11-10-29-16/h1-9,12-13,20H,10-11H2,(H,24,26). The number of nitrogens with one attached hydrogen (secondary N) is 1. The lowest BCUT2D eigenvalue weighted by molar-refractivity contribution is 0.0936. The summed E-state index contributed by atoms with van der Waals surface area (Å²) in [6.07, 6.45) is 4.39. The Hall–Kier alpha value is -4.07. The summed E-state index contributed by atoms with van der Waals surface area (Å²) in [7, 11) is 0. The molecule has 0 fully saturated rings. The molecule has 3 aromatic heterocycles. The minimum atomic E-state index is -0.626. The summed E-state index contributed by atoms with van der Waals surface area (Å²) in [4.78, 5) is 30.0. The van der Waals surface area contributed by atoms with Crippen molar-refractivity contribution in [2.45, 2.75) is 6.04 Å². The minimum Gasteiger partial charge on any atom is -0.486 e. The van der Waals surface area contributed by atoms with Crippen LogP contribution in [0.15, 0.2) is 76.4 Å². The van der Waals surface area contributed by atoms with Crippen LogP contribution in [0, 0.1) is 0 Å². The van der Waals surface area contributed by atoms with Gasteiger partial charge < -0.3 is 19.2 Å². The summed E-state index contributed by atoms with van der Waals surface area (Å²) in [5, 5.41) is 2.88. The molecule has 8 heteroatoms. The molecule has 150 valence electrons. The maximum Gasteiger partial charge on any atom is 0.270 e. The smallest absolute Gasteiger partial charge is 0.270 e. The molecule has 30 heavy (non-hydrogen) atoms. The van der Waals surface area contributed by atoms with E-state index in [1.54, 1.807) is 48.7 Å². The van der Waals surface area contributed by atoms with Crippen LogP contribution in [0.3, 0.4) is 0 Å². The van der Waals surface area contributed by atoms with E-state index in [1.165, 1.54) is 16.9 Å². The Morgan fingerprint density at radius 2 is 1.93 bits per heavy atom. The number of benzene rings is 1. The van der Waals surface area contributed by atoms with Gasteiger partial charge in [-0.3, -0.25) is 14.0 Å². The van der Waals surface area contributed by atoms with Gasteiger partial charge in [0, 0.05) is 12.4 Å². The maximum atomic E-state index is 13.0. The van der Waals surface area contributed by atoms with Crippen LogP contribution in [0.5, 0.6) is 11.5 Å². The molecule has 1 aromatic carbocycles. The van der Waals surface area contributed by atoms with Gasteiger partial charge in [-0.1, -0.05) is 12.1 Å². The Labute approximate surface area is 170 Å². The first-order chi connectivity index (χ1) is 14.7. The molecule has 1 unspecified atom stereocenters. The Bertz CT molecular complexity index is 1280. The predicted octanol–water partition coefficient (Wildman–Crippen LogP) is 2.58. The average Bonchev–Trinajstić information content (AvgIpc) is 3.32. The van der Waals surface area contributed by atoms with Crippen LogP contribution >= 0.6 is 0 Å². The van der Waals surface area contributed by atoms with Gasteiger partial charge in [-0.2, -0.15) is 0 Å². The highest BCUT2D eigenvalue weighted by Gasteiger charge is 2.24. The molecule has 8 nitrogen and oxygen atoms in total. The highest BCUT2D eigenvalue weighted by Crippen LogP contribution is 2.34. The van der Waals surface area contributed by atoms with E-state index in [-0.39, 0.29) is 5.56 Å². The number of carbonyl (C=O) groups is 1. The number of ether oxygens (including phenoxy) is 2. The first-order valence-electron chi connectivity index (χ1n) is 9.41. The van der Waals surface area contributed by atoms with Crippen LogP contribution in [0.1, 0.15) is 27.7 Å². The highest BCUT2D eigenvalue weighted by molar-refractivity contribution is 5.94. The van der Waals surface area contributed by atoms with Crippen molar-refractivity contribution in [3.63, 3.8) is 0 Å². The lowest BCUT2D eigenvalue weighted by Crippen LogP contribution is -2.34. The number of nitrogens with zero attached hydrogens (tertiary/aromatic N) is 2. The molecular weight excluding hydrogens is 386 g/mol. The van der Waals surface area contributed by atoms with E-state index in [0.29, 0.717) is 36.1 Å². The van der Waals surface area contributed by atoms with Crippen molar-refractivity contribution in [1.29, 1.82) is 0 Å². The first-order valence-corrected chi connectivity index (χ1v) is 9.41. The molecule has 0 aliphatic carbocycles. The number of carbonyl (C=O) groups excluding carboxylic acids is 1. The number of furan rings is 1. The third kappa shape index (κ3) is 3.18. The molecule has 1 N–H and O–H groups in total. The van der Waals surface area contributed by atoms with E-state index in [0.717, 1.165) is 5.56 Å². The van der Waals surface area contributed by atoms with Gasteiger partial charge in [-0.25, -0.2) is 4.98 Å². The van der Waals surface area contributed by atoms with E-state index < -0.39 is 17.5 Å². The van der Waals surface area contributed by atoms with Crippen LogP contribution < -0.4 is 20.3 Å². The van der Waals surface area contributed by atoms with Crippen LogP contribution in [-0.4, -0.2) is 28.5 Å². The monoisotopic (exact) mass is 403 g/mol. The predicted molar refractivity (Wildman–Crippen MR) is 107 cm³/mol. The molecule has 0 spiro atoms. The fourth-order valence-corrected chi connectivity index (χ4v) is 3.41. The van der Waals surface area contributed by atoms with Crippen LogP contribution in [0.25, 0.3) is 5.65 Å². The molecule has 4 aromatic rings. The number of hydrogen-bond acceptors (Lipinski definition) is 6. The first kappa shape index (κ1) is 18.0. The van der Waals surface area contributed by atoms with Gasteiger partial charge in [-0.15, -0.1) is 0 Å². The van der Waals surface area contributed by atoms with Gasteiger partial charge >= 0.3 is 0 Å². The van der Waals surface area contributed by atoms with Crippen molar-refractivity contribution in [2.24, 2.45) is 0 Å². The number of amides is 1. The zero-order valence-electron chi connectivity index (χ0n) is 15.8. The van der Waals surface area contributed by atoms with E-state index in [9.17, 15) is 9.59 Å². The zero-order chi connectivity index (χ0) is 20.5. The summed E-state index contributed by atoms with van der Waals surface area (Å²) in [5.74, 6) is 1.21. The average molecular weight is 403 g/mol. The summed E-state index contributed by atoms with van der Waals surface area (Å²) < 4.78 is 18.1. The lowest BCUT2D eigenvalue weighted by Gasteiger charge is -2.22. The van der Waals surface area contributed by atoms with Crippen LogP contribution in [0.4, 0.5) is 0 Å². The van der Waals surface area contributed by atoms with Gasteiger partial charge in [0.25, 0.3) is 11.5 Å². The fourth-order valence-electron chi connectivity index (χ4n) is 3.41. The molecule has 1 aliphatic heterocycles. The molecule has 1 aliphatic rings. The number of hydrogen-bond donors (Lipinski definition) is 1. The Kier molecular flexibility index (Phi) is 4.44. The second kappa shape index (κ2) is 7.40. The quantitative estimate of drug-likeness (QED) is 0.563. The molecule has 4 heterocycles. The van der Waals surface area contributed by atoms with E-state index in [4.69, 9.17) is 13.9 Å². The number of rotatable bonds is 4. The van der Waals surface area contributed by atoms with Gasteiger partial charge in [0.2, 0.25) is 0 Å². The fraction of sp³-hybridized carbons (Fsp3) is 0.136. The van der Waals surface area contributed by atoms with E-state index >= 15 is 0 Å². The van der Waals surface area contributed by atoms with Gasteiger partial charge in [0.1, 0.15) is 36.2 Å². The summed E-state index contributed by atoms with van der Waals surface area (Å²) in [6.45, 7) is 0.942. The van der Waals surface area contributed by atoms with Crippen LogP contribution in [-0.2, 0) is 0 Å². The Balaban J connectivity index is 1.52. The molecule has 0 saturated carbocycles. The Morgan fingerprint density at radius 3 is 2.77 bits per heavy atom. The molecule has 1 atom stereocenters. The lowest BCUT2D eigenvalue weighted by atomic mass is 10.0. The maximum absolute atomic E-state index is 13.0. The van der Waals surface area contributed by atoms with Gasteiger partial charge in [0.05, 0.1) is 6.26 Å². The highest BCUT2D eigenvalue weighted by atomic mass is 16.6. The van der Waals surface area contributed by atoms with Crippen molar-refractivity contribution in [3.8, 4) is 11.5 Å². The molecule has 0 bridgehead atoms. The largest absolute Gasteiger partial charge is 0.486 e. The van der Waals surface area contributed by atoms with E-state index in [1.807, 2.05) is 6.07 Å². The second-order valence-corrected chi connectivity index (χ2v) is 6.73. The van der Waals surface area contributed by atoms with E-state index in [2.05, 4.69) is 10.3 Å². The number of pyridine rings is 1.